The second-order valence-corrected chi connectivity index (χ2v) is 5.47. The Hall–Kier alpha value is -2.69. The van der Waals surface area contributed by atoms with Crippen LogP contribution in [-0.4, -0.2) is 26.7 Å². The fourth-order valence-corrected chi connectivity index (χ4v) is 2.63. The fourth-order valence-electron chi connectivity index (χ4n) is 2.63. The number of amides is 1. The molecule has 0 heterocycles. The summed E-state index contributed by atoms with van der Waals surface area (Å²) in [7, 11) is 3.18. The summed E-state index contributed by atoms with van der Waals surface area (Å²) < 4.78 is 16.2. The lowest BCUT2D eigenvalue weighted by atomic mass is 10.1. The largest absolute Gasteiger partial charge is 0.494 e. The summed E-state index contributed by atoms with van der Waals surface area (Å²) in [5, 5.41) is 2.93. The van der Waals surface area contributed by atoms with Gasteiger partial charge >= 0.3 is 0 Å². The third-order valence-electron chi connectivity index (χ3n) is 3.85. The molecule has 0 fully saturated rings. The number of hydrogen-bond acceptors (Lipinski definition) is 4. The number of carbonyl (C=O) groups is 1. The first-order valence-electron chi connectivity index (χ1n) is 8.36. The molecule has 0 saturated carbocycles. The average molecular weight is 343 g/mol. The van der Waals surface area contributed by atoms with Crippen molar-refractivity contribution in [2.24, 2.45) is 0 Å². The SMILES string of the molecule is CCOc1ccccc1CCC(=O)NCc1cccc(OC)c1OC. The molecule has 0 radical (unpaired) electrons. The Morgan fingerprint density at radius 2 is 1.68 bits per heavy atom. The van der Waals surface area contributed by atoms with Gasteiger partial charge in [-0.3, -0.25) is 4.79 Å². The van der Waals surface area contributed by atoms with Crippen LogP contribution in [0.25, 0.3) is 0 Å². The van der Waals surface area contributed by atoms with Gasteiger partial charge in [0.1, 0.15) is 5.75 Å². The lowest BCUT2D eigenvalue weighted by molar-refractivity contribution is -0.121. The van der Waals surface area contributed by atoms with Crippen LogP contribution in [0.5, 0.6) is 17.2 Å². The highest BCUT2D eigenvalue weighted by Gasteiger charge is 2.11. The first-order chi connectivity index (χ1) is 12.2. The first kappa shape index (κ1) is 18.6. The van der Waals surface area contributed by atoms with Gasteiger partial charge in [-0.1, -0.05) is 30.3 Å². The summed E-state index contributed by atoms with van der Waals surface area (Å²) in [6, 6.07) is 13.4. The molecule has 0 aliphatic heterocycles. The van der Waals surface area contributed by atoms with Crippen LogP contribution in [-0.2, 0) is 17.8 Å². The molecule has 25 heavy (non-hydrogen) atoms. The van der Waals surface area contributed by atoms with Gasteiger partial charge in [0.05, 0.1) is 20.8 Å². The van der Waals surface area contributed by atoms with Crippen LogP contribution in [0.1, 0.15) is 24.5 Å². The van der Waals surface area contributed by atoms with Crippen LogP contribution in [0.3, 0.4) is 0 Å². The van der Waals surface area contributed by atoms with Gasteiger partial charge in [0.15, 0.2) is 11.5 Å². The van der Waals surface area contributed by atoms with Crippen LogP contribution in [0.15, 0.2) is 42.5 Å². The normalized spacial score (nSPS) is 10.2. The van der Waals surface area contributed by atoms with Crippen molar-refractivity contribution in [1.29, 1.82) is 0 Å². The maximum absolute atomic E-state index is 12.2. The van der Waals surface area contributed by atoms with E-state index in [0.717, 1.165) is 16.9 Å². The van der Waals surface area contributed by atoms with E-state index in [1.807, 2.05) is 49.4 Å². The van der Waals surface area contributed by atoms with E-state index >= 15 is 0 Å². The van der Waals surface area contributed by atoms with Crippen LogP contribution >= 0.6 is 0 Å². The molecule has 2 aromatic rings. The smallest absolute Gasteiger partial charge is 0.220 e. The van der Waals surface area contributed by atoms with Crippen LogP contribution in [0.4, 0.5) is 0 Å². The van der Waals surface area contributed by atoms with Crippen LogP contribution in [0, 0.1) is 0 Å². The summed E-state index contributed by atoms with van der Waals surface area (Å²) in [4.78, 5) is 12.2. The molecule has 5 heteroatoms. The number of hydrogen-bond donors (Lipinski definition) is 1. The molecule has 1 amide bonds. The van der Waals surface area contributed by atoms with E-state index in [-0.39, 0.29) is 5.91 Å². The Morgan fingerprint density at radius 1 is 0.960 bits per heavy atom. The zero-order valence-electron chi connectivity index (χ0n) is 15.0. The first-order valence-corrected chi connectivity index (χ1v) is 8.36. The van der Waals surface area contributed by atoms with Crippen molar-refractivity contribution < 1.29 is 19.0 Å². The molecule has 0 saturated heterocycles. The van der Waals surface area contributed by atoms with Gasteiger partial charge in [-0.15, -0.1) is 0 Å². The maximum atomic E-state index is 12.2. The Balaban J connectivity index is 1.92. The quantitative estimate of drug-likeness (QED) is 0.759. The van der Waals surface area contributed by atoms with Crippen LogP contribution < -0.4 is 19.5 Å². The molecule has 0 atom stereocenters. The van der Waals surface area contributed by atoms with Crippen molar-refractivity contribution in [3.05, 3.63) is 53.6 Å². The molecule has 0 aromatic heterocycles. The third kappa shape index (κ3) is 5.14. The predicted octanol–water partition coefficient (Wildman–Crippen LogP) is 3.35. The maximum Gasteiger partial charge on any atom is 0.220 e. The minimum atomic E-state index is -0.0174. The number of methoxy groups -OCH3 is 2. The highest BCUT2D eigenvalue weighted by atomic mass is 16.5. The van der Waals surface area contributed by atoms with E-state index in [1.54, 1.807) is 14.2 Å². The van der Waals surface area contributed by atoms with E-state index in [1.165, 1.54) is 0 Å². The average Bonchev–Trinajstić information content (AvgIpc) is 2.65. The van der Waals surface area contributed by atoms with E-state index in [4.69, 9.17) is 14.2 Å². The lowest BCUT2D eigenvalue weighted by Crippen LogP contribution is -2.23. The number of nitrogens with one attached hydrogen (secondary N) is 1. The number of rotatable bonds is 9. The Labute approximate surface area is 148 Å². The Kier molecular flexibility index (Phi) is 7.14. The fraction of sp³-hybridized carbons (Fsp3) is 0.350. The standard InChI is InChI=1S/C20H25NO4/c1-4-25-17-10-6-5-8-15(17)12-13-19(22)21-14-16-9-7-11-18(23-2)20(16)24-3/h5-11H,4,12-14H2,1-3H3,(H,21,22). The van der Waals surface area contributed by atoms with Gasteiger partial charge < -0.3 is 19.5 Å². The van der Waals surface area contributed by atoms with Gasteiger partial charge in [0.2, 0.25) is 5.91 Å². The zero-order chi connectivity index (χ0) is 18.1. The topological polar surface area (TPSA) is 56.8 Å². The van der Waals surface area contributed by atoms with Gasteiger partial charge in [-0.25, -0.2) is 0 Å². The molecule has 0 aliphatic carbocycles. The molecular formula is C20H25NO4. The summed E-state index contributed by atoms with van der Waals surface area (Å²) in [6.45, 7) is 2.95. The number of benzene rings is 2. The number of para-hydroxylation sites is 2. The molecule has 0 aliphatic rings. The van der Waals surface area contributed by atoms with Crippen molar-refractivity contribution in [3.8, 4) is 17.2 Å². The molecule has 0 unspecified atom stereocenters. The lowest BCUT2D eigenvalue weighted by Gasteiger charge is -2.13. The summed E-state index contributed by atoms with van der Waals surface area (Å²) in [5.74, 6) is 2.12. The van der Waals surface area contributed by atoms with Crippen LogP contribution in [0.2, 0.25) is 0 Å². The van der Waals surface area contributed by atoms with Gasteiger partial charge in [-0.05, 0) is 31.0 Å². The van der Waals surface area contributed by atoms with E-state index < -0.39 is 0 Å². The van der Waals surface area contributed by atoms with Crippen molar-refractivity contribution in [2.75, 3.05) is 20.8 Å². The van der Waals surface area contributed by atoms with E-state index in [2.05, 4.69) is 5.32 Å². The molecule has 2 aromatic carbocycles. The van der Waals surface area contributed by atoms with Crippen molar-refractivity contribution >= 4 is 5.91 Å². The van der Waals surface area contributed by atoms with Crippen molar-refractivity contribution in [2.45, 2.75) is 26.3 Å². The molecular weight excluding hydrogens is 318 g/mol. The van der Waals surface area contributed by atoms with Crippen molar-refractivity contribution in [3.63, 3.8) is 0 Å². The molecule has 0 bridgehead atoms. The molecule has 5 nitrogen and oxygen atoms in total. The molecule has 134 valence electrons. The van der Waals surface area contributed by atoms with Gasteiger partial charge in [0.25, 0.3) is 0 Å². The third-order valence-corrected chi connectivity index (χ3v) is 3.85. The summed E-state index contributed by atoms with van der Waals surface area (Å²) in [6.07, 6.45) is 1.04. The minimum Gasteiger partial charge on any atom is -0.494 e. The highest BCUT2D eigenvalue weighted by Crippen LogP contribution is 2.30. The second-order valence-electron chi connectivity index (χ2n) is 5.47. The monoisotopic (exact) mass is 343 g/mol. The highest BCUT2D eigenvalue weighted by molar-refractivity contribution is 5.76. The zero-order valence-corrected chi connectivity index (χ0v) is 15.0. The van der Waals surface area contributed by atoms with E-state index in [9.17, 15) is 4.79 Å². The predicted molar refractivity (Wildman–Crippen MR) is 97.3 cm³/mol. The Morgan fingerprint density at radius 3 is 2.40 bits per heavy atom. The molecule has 2 rings (SSSR count). The molecule has 0 spiro atoms. The number of aryl methyl sites for hydroxylation is 1. The summed E-state index contributed by atoms with van der Waals surface area (Å²) in [5.41, 5.74) is 1.92. The van der Waals surface area contributed by atoms with E-state index in [0.29, 0.717) is 37.5 Å². The Bertz CT molecular complexity index is 700. The van der Waals surface area contributed by atoms with Crippen molar-refractivity contribution in [1.82, 2.24) is 5.32 Å². The number of carbonyl (C=O) groups excluding carboxylic acids is 1. The minimum absolute atomic E-state index is 0.0174. The molecule has 1 N–H and O–H groups in total. The summed E-state index contributed by atoms with van der Waals surface area (Å²) >= 11 is 0. The van der Waals surface area contributed by atoms with Gasteiger partial charge in [-0.2, -0.15) is 0 Å². The van der Waals surface area contributed by atoms with Gasteiger partial charge in [0, 0.05) is 18.5 Å². The second kappa shape index (κ2) is 9.57. The number of ether oxygens (including phenoxy) is 3.